The average Bonchev–Trinajstić information content (AvgIpc) is 2.85. The second kappa shape index (κ2) is 11.6. The number of benzene rings is 1. The van der Waals surface area contributed by atoms with Crippen LogP contribution in [-0.4, -0.2) is 57.9 Å². The molecule has 1 N–H and O–H groups in total. The Morgan fingerprint density at radius 1 is 1.21 bits per heavy atom. The molecule has 3 heterocycles. The molecule has 4 rings (SSSR count). The van der Waals surface area contributed by atoms with Gasteiger partial charge in [0.15, 0.2) is 0 Å². The first-order valence-electron chi connectivity index (χ1n) is 11.7. The number of hydrogen-bond donors (Lipinski definition) is 1. The number of carbonyl (C=O) groups is 1. The van der Waals surface area contributed by atoms with Crippen LogP contribution in [0.25, 0.3) is 10.9 Å². The number of aliphatic carboxylic acids is 1. The summed E-state index contributed by atoms with van der Waals surface area (Å²) >= 11 is 0. The third-order valence-electron chi connectivity index (χ3n) is 6.59. The van der Waals surface area contributed by atoms with Crippen LogP contribution in [0.2, 0.25) is 0 Å². The van der Waals surface area contributed by atoms with Gasteiger partial charge in [-0.15, -0.1) is 0 Å². The number of carboxylic acids is 1. The van der Waals surface area contributed by atoms with E-state index in [1.165, 1.54) is 5.56 Å². The van der Waals surface area contributed by atoms with Crippen LogP contribution in [0.1, 0.15) is 36.8 Å². The minimum atomic E-state index is -0.724. The van der Waals surface area contributed by atoms with Gasteiger partial charge in [0.25, 0.3) is 0 Å². The van der Waals surface area contributed by atoms with Crippen LogP contribution in [0.5, 0.6) is 5.75 Å². The van der Waals surface area contributed by atoms with Crippen molar-refractivity contribution < 1.29 is 14.6 Å². The zero-order valence-electron chi connectivity index (χ0n) is 19.5. The Morgan fingerprint density at radius 2 is 2.12 bits per heavy atom. The fraction of sp³-hybridized carbons (Fsp3) is 0.407. The van der Waals surface area contributed by atoms with E-state index in [4.69, 9.17) is 4.74 Å². The smallest absolute Gasteiger partial charge is 0.303 e. The van der Waals surface area contributed by atoms with E-state index < -0.39 is 5.97 Å². The van der Waals surface area contributed by atoms with Gasteiger partial charge < -0.3 is 9.84 Å². The molecular formula is C27H30N4O3. The predicted molar refractivity (Wildman–Crippen MR) is 130 cm³/mol. The van der Waals surface area contributed by atoms with Gasteiger partial charge in [-0.3, -0.25) is 14.7 Å². The molecule has 3 aromatic rings. The molecule has 2 atom stereocenters. The topological polar surface area (TPSA) is 88.4 Å². The highest BCUT2D eigenvalue weighted by Crippen LogP contribution is 2.31. The van der Waals surface area contributed by atoms with Gasteiger partial charge in [0.1, 0.15) is 5.75 Å². The third kappa shape index (κ3) is 6.30. The molecule has 0 radical (unpaired) electrons. The zero-order chi connectivity index (χ0) is 23.8. The molecule has 1 aliphatic heterocycles. The fourth-order valence-electron chi connectivity index (χ4n) is 4.84. The molecule has 0 spiro atoms. The fourth-order valence-corrected chi connectivity index (χ4v) is 4.84. The van der Waals surface area contributed by atoms with E-state index in [-0.39, 0.29) is 12.3 Å². The maximum atomic E-state index is 11.5. The van der Waals surface area contributed by atoms with Crippen molar-refractivity contribution in [3.63, 3.8) is 0 Å². The Hall–Kier alpha value is -3.50. The van der Waals surface area contributed by atoms with Gasteiger partial charge in [0, 0.05) is 30.1 Å². The van der Waals surface area contributed by atoms with Crippen LogP contribution < -0.4 is 4.74 Å². The molecule has 7 nitrogen and oxygen atoms in total. The Labute approximate surface area is 200 Å². The summed E-state index contributed by atoms with van der Waals surface area (Å²) < 4.78 is 5.39. The Morgan fingerprint density at radius 3 is 2.91 bits per heavy atom. The number of methoxy groups -OCH3 is 1. The number of aryl methyl sites for hydroxylation is 1. The molecule has 0 bridgehead atoms. The molecule has 0 amide bonds. The van der Waals surface area contributed by atoms with Crippen LogP contribution >= 0.6 is 0 Å². The number of pyridine rings is 1. The van der Waals surface area contributed by atoms with Crippen LogP contribution in [0.3, 0.4) is 0 Å². The van der Waals surface area contributed by atoms with Gasteiger partial charge in [-0.25, -0.2) is 0 Å². The lowest BCUT2D eigenvalue weighted by Crippen LogP contribution is -2.41. The largest absolute Gasteiger partial charge is 0.497 e. The summed E-state index contributed by atoms with van der Waals surface area (Å²) in [5, 5.41) is 18.2. The maximum Gasteiger partial charge on any atom is 0.303 e. The Bertz CT molecular complexity index is 1170. The van der Waals surface area contributed by atoms with E-state index in [1.807, 2.05) is 30.5 Å². The van der Waals surface area contributed by atoms with Gasteiger partial charge in [-0.1, -0.05) is 11.8 Å². The van der Waals surface area contributed by atoms with Crippen LogP contribution in [0.15, 0.2) is 48.9 Å². The molecule has 0 aliphatic carbocycles. The van der Waals surface area contributed by atoms with E-state index in [0.717, 1.165) is 61.0 Å². The molecule has 176 valence electrons. The second-order valence-corrected chi connectivity index (χ2v) is 8.82. The number of fused-ring (bicyclic) bond motifs is 1. The van der Waals surface area contributed by atoms with Gasteiger partial charge in [0.05, 0.1) is 31.6 Å². The van der Waals surface area contributed by atoms with Crippen LogP contribution in [-0.2, 0) is 11.2 Å². The zero-order valence-corrected chi connectivity index (χ0v) is 19.5. The Kier molecular flexibility index (Phi) is 8.05. The molecule has 1 aliphatic rings. The van der Waals surface area contributed by atoms with Crippen molar-refractivity contribution in [2.24, 2.45) is 11.8 Å². The molecular weight excluding hydrogens is 428 g/mol. The summed E-state index contributed by atoms with van der Waals surface area (Å²) in [4.78, 5) is 18.3. The summed E-state index contributed by atoms with van der Waals surface area (Å²) in [6, 6.07) is 9.89. The van der Waals surface area contributed by atoms with Crippen molar-refractivity contribution in [1.29, 1.82) is 0 Å². The SMILES string of the molecule is COc1ccc2nccc(CCC[C@@H]3CCN(CC#Cc4ccnnc4)C[C@@H]3CC(=O)O)c2c1. The van der Waals surface area contributed by atoms with Gasteiger partial charge in [-0.2, -0.15) is 10.2 Å². The number of ether oxygens (including phenoxy) is 1. The normalized spacial score (nSPS) is 18.3. The first kappa shape index (κ1) is 23.7. The van der Waals surface area contributed by atoms with Crippen LogP contribution in [0.4, 0.5) is 0 Å². The van der Waals surface area contributed by atoms with Gasteiger partial charge in [-0.05, 0) is 80.0 Å². The minimum Gasteiger partial charge on any atom is -0.497 e. The first-order chi connectivity index (χ1) is 16.6. The van der Waals surface area contributed by atoms with E-state index in [0.29, 0.717) is 12.5 Å². The van der Waals surface area contributed by atoms with E-state index in [9.17, 15) is 9.90 Å². The van der Waals surface area contributed by atoms with E-state index in [1.54, 1.807) is 19.5 Å². The first-order valence-corrected chi connectivity index (χ1v) is 11.7. The van der Waals surface area contributed by atoms with Crippen molar-refractivity contribution in [1.82, 2.24) is 20.1 Å². The standard InChI is InChI=1S/C27H30N4O3/c1-34-24-7-8-26-25(17-24)22(10-12-28-26)6-2-5-21-11-15-31(19-23(21)16-27(32)33)14-3-4-20-9-13-29-30-18-20/h7-10,12-13,17-18,21,23H,2,5-6,11,14-16,19H2,1H3,(H,32,33)/t21-,23+/m1/s1. The quantitative estimate of drug-likeness (QED) is 0.513. The predicted octanol–water partition coefficient (Wildman–Crippen LogP) is 3.82. The van der Waals surface area contributed by atoms with Crippen molar-refractivity contribution in [3.05, 3.63) is 60.0 Å². The summed E-state index contributed by atoms with van der Waals surface area (Å²) in [5.41, 5.74) is 3.07. The summed E-state index contributed by atoms with van der Waals surface area (Å²) in [5.74, 6) is 6.97. The molecule has 7 heteroatoms. The van der Waals surface area contributed by atoms with Crippen molar-refractivity contribution in [2.45, 2.75) is 32.1 Å². The van der Waals surface area contributed by atoms with Crippen molar-refractivity contribution >= 4 is 16.9 Å². The molecule has 1 fully saturated rings. The molecule has 1 aromatic carbocycles. The van der Waals surface area contributed by atoms with E-state index >= 15 is 0 Å². The highest BCUT2D eigenvalue weighted by atomic mass is 16.5. The summed E-state index contributed by atoms with van der Waals surface area (Å²) in [6.07, 6.45) is 9.33. The van der Waals surface area contributed by atoms with Gasteiger partial charge >= 0.3 is 5.97 Å². The van der Waals surface area contributed by atoms with Crippen molar-refractivity contribution in [2.75, 3.05) is 26.7 Å². The lowest BCUT2D eigenvalue weighted by molar-refractivity contribution is -0.139. The molecule has 1 saturated heterocycles. The van der Waals surface area contributed by atoms with E-state index in [2.05, 4.69) is 38.0 Å². The number of likely N-dealkylation sites (tertiary alicyclic amines) is 1. The number of nitrogens with zero attached hydrogens (tertiary/aromatic N) is 4. The number of rotatable bonds is 8. The highest BCUT2D eigenvalue weighted by molar-refractivity contribution is 5.83. The average molecular weight is 459 g/mol. The highest BCUT2D eigenvalue weighted by Gasteiger charge is 2.30. The lowest BCUT2D eigenvalue weighted by atomic mass is 9.80. The monoisotopic (exact) mass is 458 g/mol. The summed E-state index contributed by atoms with van der Waals surface area (Å²) in [6.45, 7) is 2.35. The van der Waals surface area contributed by atoms with Crippen molar-refractivity contribution in [3.8, 4) is 17.6 Å². The molecule has 2 aromatic heterocycles. The van der Waals surface area contributed by atoms with Crippen LogP contribution in [0, 0.1) is 23.7 Å². The number of aromatic nitrogens is 3. The maximum absolute atomic E-state index is 11.5. The number of hydrogen-bond acceptors (Lipinski definition) is 6. The summed E-state index contributed by atoms with van der Waals surface area (Å²) in [7, 11) is 1.67. The second-order valence-electron chi connectivity index (χ2n) is 8.82. The Balaban J connectivity index is 1.35. The number of carboxylic acid groups (broad SMARTS) is 1. The molecule has 0 unspecified atom stereocenters. The lowest BCUT2D eigenvalue weighted by Gasteiger charge is -2.37. The minimum absolute atomic E-state index is 0.143. The van der Waals surface area contributed by atoms with Gasteiger partial charge in [0.2, 0.25) is 0 Å². The molecule has 0 saturated carbocycles. The number of piperidine rings is 1. The third-order valence-corrected chi connectivity index (χ3v) is 6.59. The molecule has 34 heavy (non-hydrogen) atoms.